The highest BCUT2D eigenvalue weighted by molar-refractivity contribution is 8.13. The van der Waals surface area contributed by atoms with Gasteiger partial charge >= 0.3 is 5.97 Å². The fraction of sp³-hybridized carbons (Fsp3) is 0.308. The molecule has 96 valence electrons. The molecule has 18 heavy (non-hydrogen) atoms. The van der Waals surface area contributed by atoms with E-state index in [1.54, 1.807) is 19.9 Å². The molecule has 1 aromatic rings. The number of carbonyl (C=O) groups is 2. The number of aromatic nitrogens is 1. The van der Waals surface area contributed by atoms with E-state index in [1.165, 1.54) is 18.0 Å². The van der Waals surface area contributed by atoms with Gasteiger partial charge in [-0.3, -0.25) is 4.79 Å². The van der Waals surface area contributed by atoms with E-state index >= 15 is 0 Å². The number of carboxylic acids is 1. The zero-order chi connectivity index (χ0) is 13.5. The first-order valence-electron chi connectivity index (χ1n) is 5.50. The Labute approximate surface area is 110 Å². The van der Waals surface area contributed by atoms with Crippen molar-refractivity contribution in [2.75, 3.05) is 5.75 Å². The highest BCUT2D eigenvalue weighted by Crippen LogP contribution is 2.10. The minimum Gasteiger partial charge on any atom is -0.477 e. The van der Waals surface area contributed by atoms with Crippen LogP contribution in [0.2, 0.25) is 0 Å². The molecule has 0 saturated heterocycles. The predicted octanol–water partition coefficient (Wildman–Crippen LogP) is 2.77. The summed E-state index contributed by atoms with van der Waals surface area (Å²) >= 11 is 1.29. The zero-order valence-electron chi connectivity index (χ0n) is 10.3. The third kappa shape index (κ3) is 4.71. The molecule has 0 unspecified atom stereocenters. The Morgan fingerprint density at radius 3 is 2.78 bits per heavy atom. The highest BCUT2D eigenvalue weighted by Gasteiger charge is 2.07. The molecule has 0 spiro atoms. The number of allylic oxidation sites excluding steroid dienone is 1. The molecule has 0 saturated carbocycles. The van der Waals surface area contributed by atoms with Crippen molar-refractivity contribution in [3.8, 4) is 0 Å². The van der Waals surface area contributed by atoms with E-state index in [0.29, 0.717) is 5.56 Å². The molecule has 5 heteroatoms. The monoisotopic (exact) mass is 265 g/mol. The summed E-state index contributed by atoms with van der Waals surface area (Å²) < 4.78 is 0. The van der Waals surface area contributed by atoms with Crippen LogP contribution < -0.4 is 0 Å². The van der Waals surface area contributed by atoms with E-state index in [4.69, 9.17) is 5.11 Å². The normalized spacial score (nSPS) is 10.8. The summed E-state index contributed by atoms with van der Waals surface area (Å²) in [7, 11) is 0. The molecular formula is C13H15NO3S. The number of aryl methyl sites for hydroxylation is 1. The molecule has 0 aliphatic carbocycles. The molecule has 0 fully saturated rings. The Balaban J connectivity index is 2.58. The van der Waals surface area contributed by atoms with Crippen LogP contribution in [-0.2, 0) is 4.79 Å². The Bertz CT molecular complexity index is 483. The summed E-state index contributed by atoms with van der Waals surface area (Å²) in [6.45, 7) is 3.27. The van der Waals surface area contributed by atoms with Crippen molar-refractivity contribution in [3.05, 3.63) is 35.2 Å². The second-order valence-corrected chi connectivity index (χ2v) is 5.04. The van der Waals surface area contributed by atoms with Crippen LogP contribution >= 0.6 is 11.8 Å². The molecule has 0 aliphatic heterocycles. The number of carbonyl (C=O) groups excluding carboxylic acids is 1. The van der Waals surface area contributed by atoms with Gasteiger partial charge in [0.05, 0.1) is 0 Å². The first-order chi connectivity index (χ1) is 8.50. The lowest BCUT2D eigenvalue weighted by Gasteiger charge is -2.00. The van der Waals surface area contributed by atoms with E-state index in [9.17, 15) is 9.59 Å². The van der Waals surface area contributed by atoms with Crippen LogP contribution in [0.1, 0.15) is 35.0 Å². The number of aromatic carboxylic acids is 1. The van der Waals surface area contributed by atoms with Crippen molar-refractivity contribution in [1.82, 2.24) is 4.98 Å². The Morgan fingerprint density at radius 1 is 1.50 bits per heavy atom. The van der Waals surface area contributed by atoms with Gasteiger partial charge < -0.3 is 5.11 Å². The summed E-state index contributed by atoms with van der Waals surface area (Å²) in [5.41, 5.74) is 1.59. The molecule has 0 atom stereocenters. The van der Waals surface area contributed by atoms with Crippen molar-refractivity contribution >= 4 is 28.9 Å². The van der Waals surface area contributed by atoms with Crippen LogP contribution in [0.3, 0.4) is 0 Å². The van der Waals surface area contributed by atoms with Gasteiger partial charge in [0, 0.05) is 18.9 Å². The lowest BCUT2D eigenvalue weighted by Crippen LogP contribution is -2.03. The Hall–Kier alpha value is -1.62. The van der Waals surface area contributed by atoms with E-state index < -0.39 is 5.97 Å². The van der Waals surface area contributed by atoms with Gasteiger partial charge in [0.1, 0.15) is 0 Å². The zero-order valence-corrected chi connectivity index (χ0v) is 11.2. The second kappa shape index (κ2) is 6.96. The van der Waals surface area contributed by atoms with Gasteiger partial charge in [-0.25, -0.2) is 9.78 Å². The van der Waals surface area contributed by atoms with Crippen LogP contribution in [0.15, 0.2) is 18.3 Å². The van der Waals surface area contributed by atoms with Gasteiger partial charge in [0.25, 0.3) is 0 Å². The fourth-order valence-corrected chi connectivity index (χ4v) is 1.94. The number of hydrogen-bond donors (Lipinski definition) is 1. The molecule has 1 heterocycles. The summed E-state index contributed by atoms with van der Waals surface area (Å²) in [6, 6.07) is 1.78. The Kier molecular flexibility index (Phi) is 5.58. The number of nitrogens with zero attached hydrogens (tertiary/aromatic N) is 1. The van der Waals surface area contributed by atoms with E-state index in [0.717, 1.165) is 17.7 Å². The maximum atomic E-state index is 10.8. The molecule has 0 aromatic carbocycles. The molecule has 0 aliphatic rings. The molecule has 1 N–H and O–H groups in total. The first kappa shape index (κ1) is 14.4. The van der Waals surface area contributed by atoms with Crippen molar-refractivity contribution in [2.24, 2.45) is 0 Å². The van der Waals surface area contributed by atoms with Gasteiger partial charge in [0.15, 0.2) is 10.8 Å². The van der Waals surface area contributed by atoms with Crippen molar-refractivity contribution < 1.29 is 14.7 Å². The van der Waals surface area contributed by atoms with Gasteiger partial charge in [-0.05, 0) is 30.5 Å². The maximum absolute atomic E-state index is 10.8. The van der Waals surface area contributed by atoms with Crippen molar-refractivity contribution in [2.45, 2.75) is 20.3 Å². The summed E-state index contributed by atoms with van der Waals surface area (Å²) in [4.78, 5) is 25.4. The van der Waals surface area contributed by atoms with Crippen LogP contribution in [0, 0.1) is 6.92 Å². The van der Waals surface area contributed by atoms with Crippen LogP contribution in [0.5, 0.6) is 0 Å². The number of pyridine rings is 1. The fourth-order valence-electron chi connectivity index (χ4n) is 1.40. The lowest BCUT2D eigenvalue weighted by molar-refractivity contribution is -0.109. The smallest absolute Gasteiger partial charge is 0.354 e. The van der Waals surface area contributed by atoms with Crippen LogP contribution in [0.4, 0.5) is 0 Å². The third-order valence-corrected chi connectivity index (χ3v) is 3.05. The molecule has 1 aromatic heterocycles. The predicted molar refractivity (Wildman–Crippen MR) is 72.7 cm³/mol. The molecule has 4 nitrogen and oxygen atoms in total. The van der Waals surface area contributed by atoms with Gasteiger partial charge in [0.2, 0.25) is 0 Å². The highest BCUT2D eigenvalue weighted by atomic mass is 32.2. The topological polar surface area (TPSA) is 67.3 Å². The number of hydrogen-bond acceptors (Lipinski definition) is 4. The maximum Gasteiger partial charge on any atom is 0.354 e. The minimum absolute atomic E-state index is 0.0827. The molecule has 0 radical (unpaired) electrons. The second-order valence-electron chi connectivity index (χ2n) is 3.77. The number of carboxylic acid groups (broad SMARTS) is 1. The van der Waals surface area contributed by atoms with E-state index in [2.05, 4.69) is 4.98 Å². The van der Waals surface area contributed by atoms with E-state index in [1.807, 2.05) is 12.2 Å². The number of thioether (sulfide) groups is 1. The van der Waals surface area contributed by atoms with Gasteiger partial charge in [-0.1, -0.05) is 23.9 Å². The van der Waals surface area contributed by atoms with Crippen LogP contribution in [-0.4, -0.2) is 26.9 Å². The average Bonchev–Trinajstić information content (AvgIpc) is 2.27. The van der Waals surface area contributed by atoms with Gasteiger partial charge in [-0.2, -0.15) is 0 Å². The lowest BCUT2D eigenvalue weighted by atomic mass is 10.1. The SMILES string of the molecule is CC(=O)SCCC=Cc1cnc(C(=O)O)c(C)c1. The molecule has 1 rings (SSSR count). The molecule has 0 bridgehead atoms. The third-order valence-electron chi connectivity index (χ3n) is 2.20. The van der Waals surface area contributed by atoms with Crippen molar-refractivity contribution in [1.29, 1.82) is 0 Å². The summed E-state index contributed by atoms with van der Waals surface area (Å²) in [5.74, 6) is -0.258. The minimum atomic E-state index is -1.01. The molecule has 0 amide bonds. The Morgan fingerprint density at radius 2 is 2.22 bits per heavy atom. The van der Waals surface area contributed by atoms with Crippen LogP contribution in [0.25, 0.3) is 6.08 Å². The summed E-state index contributed by atoms with van der Waals surface area (Å²) in [5, 5.41) is 8.96. The summed E-state index contributed by atoms with van der Waals surface area (Å²) in [6.07, 6.45) is 6.16. The molecular weight excluding hydrogens is 250 g/mol. The van der Waals surface area contributed by atoms with Crippen molar-refractivity contribution in [3.63, 3.8) is 0 Å². The first-order valence-corrected chi connectivity index (χ1v) is 6.49. The number of rotatable bonds is 5. The largest absolute Gasteiger partial charge is 0.477 e. The van der Waals surface area contributed by atoms with Gasteiger partial charge in [-0.15, -0.1) is 0 Å². The standard InChI is InChI=1S/C13H15NO3S/c1-9-7-11(8-14-12(9)13(16)17)5-3-4-6-18-10(2)15/h3,5,7-8H,4,6H2,1-2H3,(H,16,17). The average molecular weight is 265 g/mol. The quantitative estimate of drug-likeness (QED) is 0.829. The van der Waals surface area contributed by atoms with E-state index in [-0.39, 0.29) is 10.8 Å².